The van der Waals surface area contributed by atoms with Crippen molar-refractivity contribution in [2.45, 2.75) is 6.54 Å². The van der Waals surface area contributed by atoms with Crippen LogP contribution in [0.2, 0.25) is 0 Å². The van der Waals surface area contributed by atoms with Gasteiger partial charge in [-0.3, -0.25) is 20.3 Å². The maximum absolute atomic E-state index is 13.5. The van der Waals surface area contributed by atoms with E-state index >= 15 is 0 Å². The minimum absolute atomic E-state index is 0.517. The normalized spacial score (nSPS) is 11.1. The van der Waals surface area contributed by atoms with Gasteiger partial charge < -0.3 is 0 Å². The molecule has 0 saturated carbocycles. The molecule has 0 saturated heterocycles. The van der Waals surface area contributed by atoms with Crippen molar-refractivity contribution < 1.29 is 26.7 Å². The van der Waals surface area contributed by atoms with Crippen LogP contribution in [0.4, 0.5) is 27.6 Å². The Morgan fingerprint density at radius 2 is 1.59 bits per heavy atom. The molecule has 3 rings (SSSR count). The van der Waals surface area contributed by atoms with Crippen LogP contribution in [0.25, 0.3) is 6.08 Å². The van der Waals surface area contributed by atoms with Crippen molar-refractivity contribution in [3.8, 4) is 0 Å². The molecular formula is C19H13F5N4O. The summed E-state index contributed by atoms with van der Waals surface area (Å²) in [5.74, 6) is -11.6. The molecule has 2 N–H and O–H groups in total. The quantitative estimate of drug-likeness (QED) is 0.215. The number of amides is 1. The Morgan fingerprint density at radius 3 is 2.24 bits per heavy atom. The van der Waals surface area contributed by atoms with Crippen LogP contribution >= 0.6 is 0 Å². The first kappa shape index (κ1) is 20.1. The van der Waals surface area contributed by atoms with Gasteiger partial charge in [0.05, 0.1) is 12.7 Å². The van der Waals surface area contributed by atoms with Crippen LogP contribution in [0.1, 0.15) is 11.1 Å². The summed E-state index contributed by atoms with van der Waals surface area (Å²) in [7, 11) is 0. The Labute approximate surface area is 161 Å². The van der Waals surface area contributed by atoms with Crippen molar-refractivity contribution >= 4 is 17.7 Å². The summed E-state index contributed by atoms with van der Waals surface area (Å²) in [6.45, 7) is 0.517. The smallest absolute Gasteiger partial charge is 0.262 e. The number of nitrogens with zero attached hydrogens (tertiary/aromatic N) is 2. The number of hydrazine groups is 1. The first-order valence-corrected chi connectivity index (χ1v) is 8.18. The van der Waals surface area contributed by atoms with Crippen molar-refractivity contribution in [1.82, 2.24) is 15.2 Å². The van der Waals surface area contributed by atoms with Gasteiger partial charge >= 0.3 is 0 Å². The van der Waals surface area contributed by atoms with Crippen molar-refractivity contribution in [2.75, 3.05) is 5.43 Å². The first-order chi connectivity index (χ1) is 13.9. The molecule has 0 spiro atoms. The van der Waals surface area contributed by atoms with Gasteiger partial charge in [0.1, 0.15) is 5.69 Å². The molecule has 3 aromatic rings. The Hall–Kier alpha value is -3.69. The Kier molecular flexibility index (Phi) is 5.91. The van der Waals surface area contributed by atoms with Crippen LogP contribution in [0, 0.1) is 29.1 Å². The molecule has 0 radical (unpaired) electrons. The number of nitrogens with one attached hydrogen (secondary N) is 2. The highest BCUT2D eigenvalue weighted by Gasteiger charge is 2.25. The fourth-order valence-electron chi connectivity index (χ4n) is 2.37. The van der Waals surface area contributed by atoms with Crippen LogP contribution in [-0.4, -0.2) is 15.7 Å². The molecule has 150 valence electrons. The number of carbonyl (C=O) groups is 1. The second kappa shape index (κ2) is 8.55. The summed E-state index contributed by atoms with van der Waals surface area (Å²) in [5.41, 5.74) is 3.75. The average molecular weight is 408 g/mol. The van der Waals surface area contributed by atoms with E-state index in [1.165, 1.54) is 12.3 Å². The molecule has 0 aliphatic heterocycles. The van der Waals surface area contributed by atoms with Crippen LogP contribution in [-0.2, 0) is 11.3 Å². The maximum atomic E-state index is 13.5. The van der Waals surface area contributed by atoms with Crippen LogP contribution in [0.3, 0.4) is 0 Å². The van der Waals surface area contributed by atoms with E-state index in [4.69, 9.17) is 0 Å². The summed E-state index contributed by atoms with van der Waals surface area (Å²) in [6.07, 6.45) is 5.52. The molecule has 1 amide bonds. The molecule has 29 heavy (non-hydrogen) atoms. The van der Waals surface area contributed by atoms with Crippen molar-refractivity contribution in [3.63, 3.8) is 0 Å². The number of carbonyl (C=O) groups excluding carboxylic acids is 1. The van der Waals surface area contributed by atoms with Gasteiger partial charge in [0.25, 0.3) is 5.91 Å². The van der Waals surface area contributed by atoms with Crippen molar-refractivity contribution in [1.29, 1.82) is 0 Å². The second-order valence-electron chi connectivity index (χ2n) is 5.85. The third-order valence-corrected chi connectivity index (χ3v) is 3.79. The number of hydrogen-bond donors (Lipinski definition) is 2. The lowest BCUT2D eigenvalue weighted by atomic mass is 10.2. The Bertz CT molecular complexity index is 1040. The minimum Gasteiger partial charge on any atom is -0.293 e. The molecule has 0 aliphatic rings. The molecule has 1 heterocycles. The van der Waals surface area contributed by atoms with Gasteiger partial charge in [-0.15, -0.1) is 0 Å². The topological polar surface area (TPSA) is 59.0 Å². The number of benzene rings is 2. The van der Waals surface area contributed by atoms with Gasteiger partial charge in [0.2, 0.25) is 5.82 Å². The van der Waals surface area contributed by atoms with Crippen molar-refractivity contribution in [2.24, 2.45) is 0 Å². The number of halogens is 5. The molecule has 5 nitrogen and oxygen atoms in total. The van der Waals surface area contributed by atoms with Gasteiger partial charge in [-0.2, -0.15) is 5.10 Å². The molecule has 1 aromatic heterocycles. The Morgan fingerprint density at radius 1 is 0.966 bits per heavy atom. The van der Waals surface area contributed by atoms with E-state index < -0.39 is 40.7 Å². The van der Waals surface area contributed by atoms with Gasteiger partial charge in [-0.05, 0) is 11.6 Å². The third-order valence-electron chi connectivity index (χ3n) is 3.79. The van der Waals surface area contributed by atoms with Crippen LogP contribution in [0.5, 0.6) is 0 Å². The second-order valence-corrected chi connectivity index (χ2v) is 5.85. The molecule has 10 heteroatoms. The van der Waals surface area contributed by atoms with Gasteiger partial charge in [0.15, 0.2) is 23.3 Å². The highest BCUT2D eigenvalue weighted by atomic mass is 19.2. The first-order valence-electron chi connectivity index (χ1n) is 8.18. The molecule has 0 atom stereocenters. The van der Waals surface area contributed by atoms with E-state index in [2.05, 4.69) is 5.10 Å². The lowest BCUT2D eigenvalue weighted by Crippen LogP contribution is -2.29. The van der Waals surface area contributed by atoms with E-state index in [0.717, 1.165) is 11.6 Å². The SMILES string of the molecule is O=C(/C=C/c1cnn(Cc2ccccc2)c1)NNc1c(F)c(F)c(F)c(F)c1F. The molecule has 0 aliphatic carbocycles. The lowest BCUT2D eigenvalue weighted by molar-refractivity contribution is -0.116. The monoisotopic (exact) mass is 408 g/mol. The van der Waals surface area contributed by atoms with E-state index in [1.54, 1.807) is 16.3 Å². The molecule has 2 aromatic carbocycles. The zero-order valence-electron chi connectivity index (χ0n) is 14.6. The lowest BCUT2D eigenvalue weighted by Gasteiger charge is -2.10. The fraction of sp³-hybridized carbons (Fsp3) is 0.0526. The summed E-state index contributed by atoms with van der Waals surface area (Å²) < 4.78 is 67.9. The highest BCUT2D eigenvalue weighted by Crippen LogP contribution is 2.26. The molecular weight excluding hydrogens is 395 g/mol. The van der Waals surface area contributed by atoms with E-state index in [-0.39, 0.29) is 0 Å². The van der Waals surface area contributed by atoms with Crippen molar-refractivity contribution in [3.05, 3.63) is 89.0 Å². The maximum Gasteiger partial charge on any atom is 0.262 e. The van der Waals surface area contributed by atoms with Gasteiger partial charge in [0, 0.05) is 17.8 Å². The minimum atomic E-state index is -2.29. The molecule has 0 fully saturated rings. The predicted octanol–water partition coefficient (Wildman–Crippen LogP) is 3.78. The zero-order valence-corrected chi connectivity index (χ0v) is 14.6. The number of hydrogen-bond acceptors (Lipinski definition) is 3. The van der Waals surface area contributed by atoms with E-state index in [9.17, 15) is 26.7 Å². The van der Waals surface area contributed by atoms with Gasteiger partial charge in [-0.1, -0.05) is 30.3 Å². The highest BCUT2D eigenvalue weighted by molar-refractivity contribution is 5.92. The summed E-state index contributed by atoms with van der Waals surface area (Å²) in [5, 5.41) is 4.13. The zero-order chi connectivity index (χ0) is 21.0. The van der Waals surface area contributed by atoms with Gasteiger partial charge in [-0.25, -0.2) is 22.0 Å². The summed E-state index contributed by atoms with van der Waals surface area (Å²) >= 11 is 0. The number of anilines is 1. The van der Waals surface area contributed by atoms with E-state index in [1.807, 2.05) is 35.8 Å². The third kappa shape index (κ3) is 4.60. The number of aromatic nitrogens is 2. The summed E-state index contributed by atoms with van der Waals surface area (Å²) in [4.78, 5) is 11.8. The average Bonchev–Trinajstić information content (AvgIpc) is 3.17. The van der Waals surface area contributed by atoms with Crippen LogP contribution < -0.4 is 10.9 Å². The largest absolute Gasteiger partial charge is 0.293 e. The van der Waals surface area contributed by atoms with E-state index in [0.29, 0.717) is 12.1 Å². The summed E-state index contributed by atoms with van der Waals surface area (Å²) in [6, 6.07) is 9.52. The number of rotatable bonds is 6. The molecule has 0 bridgehead atoms. The standard InChI is InChI=1S/C19H13F5N4O/c20-14-15(21)17(23)19(18(24)16(14)22)27-26-13(29)7-6-12-8-25-28(10-12)9-11-4-2-1-3-5-11/h1-8,10,27H,9H2,(H,26,29)/b7-6+. The van der Waals surface area contributed by atoms with Crippen LogP contribution in [0.15, 0.2) is 48.8 Å². The fourth-order valence-corrected chi connectivity index (χ4v) is 2.37. The molecule has 0 unspecified atom stereocenters. The predicted molar refractivity (Wildman–Crippen MR) is 94.8 cm³/mol. The Balaban J connectivity index is 1.61.